The van der Waals surface area contributed by atoms with E-state index in [1.165, 1.54) is 0 Å². The van der Waals surface area contributed by atoms with E-state index < -0.39 is 6.10 Å². The molecule has 0 fully saturated rings. The molecule has 0 aliphatic rings. The molecule has 1 rings (SSSR count). The molecule has 0 saturated heterocycles. The molecule has 0 spiro atoms. The predicted octanol–water partition coefficient (Wildman–Crippen LogP) is 1.62. The van der Waals surface area contributed by atoms with Gasteiger partial charge in [-0.1, -0.05) is 19.1 Å². The first-order chi connectivity index (χ1) is 8.67. The van der Waals surface area contributed by atoms with Crippen LogP contribution in [-0.4, -0.2) is 25.1 Å². The molecule has 0 saturated carbocycles. The molecule has 0 heterocycles. The van der Waals surface area contributed by atoms with Gasteiger partial charge in [-0.2, -0.15) is 0 Å². The van der Waals surface area contributed by atoms with Crippen LogP contribution in [0.4, 0.5) is 0 Å². The van der Waals surface area contributed by atoms with Gasteiger partial charge >= 0.3 is 0 Å². The van der Waals surface area contributed by atoms with E-state index in [0.29, 0.717) is 19.5 Å². The molecule has 3 N–H and O–H groups in total. The van der Waals surface area contributed by atoms with Crippen LogP contribution in [-0.2, 0) is 4.79 Å². The van der Waals surface area contributed by atoms with Gasteiger partial charge in [-0.25, -0.2) is 0 Å². The highest BCUT2D eigenvalue weighted by Crippen LogP contribution is 2.15. The average molecular weight is 250 g/mol. The van der Waals surface area contributed by atoms with Gasteiger partial charge in [0.1, 0.15) is 5.75 Å². The molecule has 4 heteroatoms. The minimum atomic E-state index is -0.440. The SMILES string of the molecule is CCC(Oc1cccc(C)c1)C(=O)NCCCN. The predicted molar refractivity (Wildman–Crippen MR) is 72.6 cm³/mol. The van der Waals surface area contributed by atoms with Crippen LogP contribution in [0.5, 0.6) is 5.75 Å². The Morgan fingerprint density at radius 3 is 2.89 bits per heavy atom. The van der Waals surface area contributed by atoms with E-state index in [9.17, 15) is 4.79 Å². The van der Waals surface area contributed by atoms with Crippen molar-refractivity contribution in [3.8, 4) is 5.75 Å². The van der Waals surface area contributed by atoms with Gasteiger partial charge in [0, 0.05) is 6.54 Å². The molecular formula is C14H22N2O2. The fraction of sp³-hybridized carbons (Fsp3) is 0.500. The summed E-state index contributed by atoms with van der Waals surface area (Å²) in [5, 5.41) is 2.83. The van der Waals surface area contributed by atoms with Crippen LogP contribution in [0.25, 0.3) is 0 Å². The molecule has 0 radical (unpaired) electrons. The Kier molecular flexibility index (Phi) is 6.22. The van der Waals surface area contributed by atoms with E-state index in [4.69, 9.17) is 10.5 Å². The van der Waals surface area contributed by atoms with Gasteiger partial charge in [0.15, 0.2) is 6.10 Å². The number of aryl methyl sites for hydroxylation is 1. The third-order valence-electron chi connectivity index (χ3n) is 2.61. The lowest BCUT2D eigenvalue weighted by Gasteiger charge is -2.17. The third kappa shape index (κ3) is 4.75. The van der Waals surface area contributed by atoms with Gasteiger partial charge in [0.25, 0.3) is 5.91 Å². The highest BCUT2D eigenvalue weighted by Gasteiger charge is 2.17. The zero-order valence-electron chi connectivity index (χ0n) is 11.1. The first-order valence-corrected chi connectivity index (χ1v) is 6.38. The number of nitrogens with one attached hydrogen (secondary N) is 1. The molecule has 1 amide bonds. The van der Waals surface area contributed by atoms with E-state index in [1.54, 1.807) is 0 Å². The number of nitrogens with two attached hydrogens (primary N) is 1. The lowest BCUT2D eigenvalue weighted by molar-refractivity contribution is -0.128. The number of carbonyl (C=O) groups is 1. The minimum Gasteiger partial charge on any atom is -0.481 e. The number of carbonyl (C=O) groups excluding carboxylic acids is 1. The first-order valence-electron chi connectivity index (χ1n) is 6.38. The van der Waals surface area contributed by atoms with E-state index >= 15 is 0 Å². The molecule has 1 unspecified atom stereocenters. The van der Waals surface area contributed by atoms with E-state index in [0.717, 1.165) is 17.7 Å². The van der Waals surface area contributed by atoms with Crippen molar-refractivity contribution in [1.29, 1.82) is 0 Å². The van der Waals surface area contributed by atoms with Crippen LogP contribution >= 0.6 is 0 Å². The number of benzene rings is 1. The highest BCUT2D eigenvalue weighted by atomic mass is 16.5. The number of hydrogen-bond donors (Lipinski definition) is 2. The molecule has 18 heavy (non-hydrogen) atoms. The smallest absolute Gasteiger partial charge is 0.261 e. The summed E-state index contributed by atoms with van der Waals surface area (Å²) in [6.45, 7) is 5.11. The Labute approximate surface area is 109 Å². The molecule has 0 aliphatic heterocycles. The highest BCUT2D eigenvalue weighted by molar-refractivity contribution is 5.81. The fourth-order valence-electron chi connectivity index (χ4n) is 1.60. The zero-order chi connectivity index (χ0) is 13.4. The normalized spacial score (nSPS) is 11.9. The second-order valence-corrected chi connectivity index (χ2v) is 4.26. The Bertz CT molecular complexity index is 380. The third-order valence-corrected chi connectivity index (χ3v) is 2.61. The second-order valence-electron chi connectivity index (χ2n) is 4.26. The molecule has 1 atom stereocenters. The summed E-state index contributed by atoms with van der Waals surface area (Å²) >= 11 is 0. The van der Waals surface area contributed by atoms with Crippen molar-refractivity contribution in [2.45, 2.75) is 32.8 Å². The fourth-order valence-corrected chi connectivity index (χ4v) is 1.60. The van der Waals surface area contributed by atoms with Crippen molar-refractivity contribution in [3.63, 3.8) is 0 Å². The average Bonchev–Trinajstić information content (AvgIpc) is 2.36. The summed E-state index contributed by atoms with van der Waals surface area (Å²) in [4.78, 5) is 11.9. The molecule has 1 aromatic rings. The molecule has 1 aromatic carbocycles. The van der Waals surface area contributed by atoms with Gasteiger partial charge in [0.05, 0.1) is 0 Å². The van der Waals surface area contributed by atoms with Crippen LogP contribution in [0.1, 0.15) is 25.3 Å². The van der Waals surface area contributed by atoms with Crippen LogP contribution in [0.15, 0.2) is 24.3 Å². The second kappa shape index (κ2) is 7.71. The van der Waals surface area contributed by atoms with Gasteiger partial charge in [0.2, 0.25) is 0 Å². The summed E-state index contributed by atoms with van der Waals surface area (Å²) in [7, 11) is 0. The van der Waals surface area contributed by atoms with Crippen molar-refractivity contribution >= 4 is 5.91 Å². The Hall–Kier alpha value is -1.55. The summed E-state index contributed by atoms with van der Waals surface area (Å²) in [6, 6.07) is 7.71. The lowest BCUT2D eigenvalue weighted by Crippen LogP contribution is -2.38. The van der Waals surface area contributed by atoms with Crippen molar-refractivity contribution in [2.75, 3.05) is 13.1 Å². The standard InChI is InChI=1S/C14H22N2O2/c1-3-13(14(17)16-9-5-8-15)18-12-7-4-6-11(2)10-12/h4,6-7,10,13H,3,5,8-9,15H2,1-2H3,(H,16,17). The number of rotatable bonds is 7. The van der Waals surface area contributed by atoms with Crippen molar-refractivity contribution in [2.24, 2.45) is 5.73 Å². The maximum atomic E-state index is 11.9. The maximum Gasteiger partial charge on any atom is 0.261 e. The molecule has 0 bridgehead atoms. The monoisotopic (exact) mass is 250 g/mol. The summed E-state index contributed by atoms with van der Waals surface area (Å²) < 4.78 is 5.69. The lowest BCUT2D eigenvalue weighted by atomic mass is 10.2. The number of hydrogen-bond acceptors (Lipinski definition) is 3. The van der Waals surface area contributed by atoms with E-state index in [1.807, 2.05) is 38.1 Å². The van der Waals surface area contributed by atoms with Gasteiger partial charge in [-0.3, -0.25) is 4.79 Å². The van der Waals surface area contributed by atoms with Crippen LogP contribution in [0.2, 0.25) is 0 Å². The quantitative estimate of drug-likeness (QED) is 0.723. The maximum absolute atomic E-state index is 11.9. The minimum absolute atomic E-state index is 0.0764. The van der Waals surface area contributed by atoms with Crippen LogP contribution in [0.3, 0.4) is 0 Å². The molecular weight excluding hydrogens is 228 g/mol. The number of amides is 1. The topological polar surface area (TPSA) is 64.3 Å². The summed E-state index contributed by atoms with van der Waals surface area (Å²) in [5.41, 5.74) is 6.50. The molecule has 0 aliphatic carbocycles. The van der Waals surface area contributed by atoms with Crippen LogP contribution < -0.4 is 15.8 Å². The van der Waals surface area contributed by atoms with Crippen LogP contribution in [0, 0.1) is 6.92 Å². The van der Waals surface area contributed by atoms with E-state index in [-0.39, 0.29) is 5.91 Å². The van der Waals surface area contributed by atoms with Gasteiger partial charge in [-0.15, -0.1) is 0 Å². The Morgan fingerprint density at radius 1 is 1.50 bits per heavy atom. The number of ether oxygens (including phenoxy) is 1. The zero-order valence-corrected chi connectivity index (χ0v) is 11.1. The van der Waals surface area contributed by atoms with Crippen molar-refractivity contribution in [1.82, 2.24) is 5.32 Å². The Balaban J connectivity index is 2.53. The van der Waals surface area contributed by atoms with Crippen molar-refractivity contribution < 1.29 is 9.53 Å². The van der Waals surface area contributed by atoms with E-state index in [2.05, 4.69) is 5.32 Å². The summed E-state index contributed by atoms with van der Waals surface area (Å²) in [5.74, 6) is 0.656. The molecule has 100 valence electrons. The molecule has 0 aromatic heterocycles. The largest absolute Gasteiger partial charge is 0.481 e. The Morgan fingerprint density at radius 2 is 2.28 bits per heavy atom. The van der Waals surface area contributed by atoms with Gasteiger partial charge in [-0.05, 0) is 44.0 Å². The van der Waals surface area contributed by atoms with Crippen molar-refractivity contribution in [3.05, 3.63) is 29.8 Å². The van der Waals surface area contributed by atoms with Gasteiger partial charge < -0.3 is 15.8 Å². The summed E-state index contributed by atoms with van der Waals surface area (Å²) in [6.07, 6.45) is 0.985. The first kappa shape index (κ1) is 14.5. The molecule has 4 nitrogen and oxygen atoms in total.